The molecular weight excluding hydrogens is 416 g/mol. The normalized spacial score (nSPS) is 11.0. The molecule has 0 bridgehead atoms. The third-order valence-electron chi connectivity index (χ3n) is 3.79. The van der Waals surface area contributed by atoms with Gasteiger partial charge in [0, 0.05) is 22.8 Å². The van der Waals surface area contributed by atoms with Crippen LogP contribution in [0.4, 0.5) is 16.3 Å². The number of carbonyl (C=O) groups excluding carboxylic acids is 1. The van der Waals surface area contributed by atoms with E-state index in [1.807, 2.05) is 0 Å². The lowest BCUT2D eigenvalue weighted by molar-refractivity contribution is 0.102. The maximum atomic E-state index is 12.5. The van der Waals surface area contributed by atoms with Crippen molar-refractivity contribution in [1.29, 1.82) is 0 Å². The van der Waals surface area contributed by atoms with E-state index in [-0.39, 0.29) is 29.5 Å². The Bertz CT molecular complexity index is 1080. The van der Waals surface area contributed by atoms with Crippen molar-refractivity contribution < 1.29 is 24.5 Å². The van der Waals surface area contributed by atoms with Crippen molar-refractivity contribution in [2.75, 3.05) is 10.6 Å². The van der Waals surface area contributed by atoms with Gasteiger partial charge in [0.05, 0.1) is 0 Å². The molecule has 0 aliphatic heterocycles. The van der Waals surface area contributed by atoms with Gasteiger partial charge in [0.15, 0.2) is 5.69 Å². The molecule has 0 atom stereocenters. The summed E-state index contributed by atoms with van der Waals surface area (Å²) in [4.78, 5) is 23.0. The molecule has 1 heterocycles. The van der Waals surface area contributed by atoms with E-state index in [4.69, 9.17) is 16.7 Å². The fourth-order valence-corrected chi connectivity index (χ4v) is 2.58. The topological polar surface area (TPSA) is 162 Å². The van der Waals surface area contributed by atoms with Gasteiger partial charge in [0.1, 0.15) is 0 Å². The molecule has 0 aliphatic carbocycles. The predicted octanol–water partition coefficient (Wildman–Crippen LogP) is 2.99. The van der Waals surface area contributed by atoms with Gasteiger partial charge in [-0.2, -0.15) is 0 Å². The van der Waals surface area contributed by atoms with Crippen LogP contribution in [-0.2, 0) is 6.54 Å². The largest absolute Gasteiger partial charge is 0.465 e. The van der Waals surface area contributed by atoms with E-state index in [1.54, 1.807) is 36.4 Å². The Balaban J connectivity index is 1.71. The molecule has 3 rings (SSSR count). The van der Waals surface area contributed by atoms with E-state index in [0.29, 0.717) is 16.3 Å². The number of halogens is 1. The highest BCUT2D eigenvalue weighted by atomic mass is 35.5. The molecule has 5 N–H and O–H groups in total. The van der Waals surface area contributed by atoms with Gasteiger partial charge in [-0.1, -0.05) is 35.0 Å². The average Bonchev–Trinajstić information content (AvgIpc) is 3.18. The molecule has 1 aromatic heterocycles. The molecule has 12 heteroatoms. The number of carboxylic acid groups (broad SMARTS) is 1. The van der Waals surface area contributed by atoms with Gasteiger partial charge >= 0.3 is 6.09 Å². The number of oxime groups is 1. The summed E-state index contributed by atoms with van der Waals surface area (Å²) >= 11 is 5.93. The third kappa shape index (κ3) is 5.23. The fourth-order valence-electron chi connectivity index (χ4n) is 2.39. The zero-order valence-corrected chi connectivity index (χ0v) is 15.9. The summed E-state index contributed by atoms with van der Waals surface area (Å²) < 4.78 is 4.66. The van der Waals surface area contributed by atoms with Crippen LogP contribution < -0.4 is 16.0 Å². The molecule has 0 unspecified atom stereocenters. The molecule has 154 valence electrons. The van der Waals surface area contributed by atoms with Crippen molar-refractivity contribution in [3.8, 4) is 0 Å². The number of benzene rings is 2. The summed E-state index contributed by atoms with van der Waals surface area (Å²) in [7, 11) is 0. The van der Waals surface area contributed by atoms with Crippen LogP contribution >= 0.6 is 11.6 Å². The number of amides is 2. The SMILES string of the molecule is O=C(O)NCc1ccc(C(=O)Nc2nonc2/C(=N\O)Nc2cccc(Cl)c2)cc1. The van der Waals surface area contributed by atoms with Crippen molar-refractivity contribution in [1.82, 2.24) is 15.6 Å². The van der Waals surface area contributed by atoms with Gasteiger partial charge < -0.3 is 26.3 Å². The van der Waals surface area contributed by atoms with Crippen LogP contribution in [0.2, 0.25) is 5.02 Å². The highest BCUT2D eigenvalue weighted by molar-refractivity contribution is 6.31. The number of aromatic nitrogens is 2. The average molecular weight is 431 g/mol. The maximum absolute atomic E-state index is 12.5. The van der Waals surface area contributed by atoms with E-state index in [0.717, 1.165) is 0 Å². The van der Waals surface area contributed by atoms with Gasteiger partial charge in [-0.25, -0.2) is 9.42 Å². The van der Waals surface area contributed by atoms with Crippen LogP contribution in [0.15, 0.2) is 58.3 Å². The van der Waals surface area contributed by atoms with Crippen LogP contribution in [0.25, 0.3) is 0 Å². The Kier molecular flexibility index (Phi) is 6.45. The van der Waals surface area contributed by atoms with Crippen LogP contribution in [0.5, 0.6) is 0 Å². The standard InChI is InChI=1S/C18H15ClN6O5/c19-12-2-1-3-13(8-12)21-15(23-29)14-16(25-30-24-14)22-17(26)11-6-4-10(5-7-11)9-20-18(27)28/h1-8,20,29H,9H2,(H,21,23)(H,27,28)(H,22,25,26). The number of hydrogen-bond acceptors (Lipinski definition) is 7. The lowest BCUT2D eigenvalue weighted by Gasteiger charge is -2.08. The Morgan fingerprint density at radius 2 is 1.87 bits per heavy atom. The van der Waals surface area contributed by atoms with E-state index in [2.05, 4.69) is 36.0 Å². The fraction of sp³-hybridized carbons (Fsp3) is 0.0556. The minimum atomic E-state index is -1.14. The Hall–Kier alpha value is -4.12. The van der Waals surface area contributed by atoms with Crippen LogP contribution in [0.1, 0.15) is 21.6 Å². The number of rotatable bonds is 6. The molecule has 0 saturated heterocycles. The summed E-state index contributed by atoms with van der Waals surface area (Å²) in [5.74, 6) is -0.715. The van der Waals surface area contributed by atoms with Crippen LogP contribution in [-0.4, -0.2) is 38.5 Å². The first-order valence-electron chi connectivity index (χ1n) is 8.41. The van der Waals surface area contributed by atoms with Crippen LogP contribution in [0, 0.1) is 0 Å². The van der Waals surface area contributed by atoms with Gasteiger partial charge in [-0.3, -0.25) is 4.79 Å². The zero-order valence-electron chi connectivity index (χ0n) is 15.2. The highest BCUT2D eigenvalue weighted by Crippen LogP contribution is 2.18. The van der Waals surface area contributed by atoms with Crippen molar-refractivity contribution in [2.45, 2.75) is 6.54 Å². The second kappa shape index (κ2) is 9.39. The number of amidine groups is 1. The molecule has 0 fully saturated rings. The van der Waals surface area contributed by atoms with Gasteiger partial charge in [0.25, 0.3) is 5.91 Å². The molecular formula is C18H15ClN6O5. The molecule has 3 aromatic rings. The highest BCUT2D eigenvalue weighted by Gasteiger charge is 2.20. The number of hydrogen-bond donors (Lipinski definition) is 5. The lowest BCUT2D eigenvalue weighted by Crippen LogP contribution is -2.20. The van der Waals surface area contributed by atoms with Crippen molar-refractivity contribution in [3.63, 3.8) is 0 Å². The smallest absolute Gasteiger partial charge is 0.404 e. The van der Waals surface area contributed by atoms with E-state index in [9.17, 15) is 14.8 Å². The summed E-state index contributed by atoms with van der Waals surface area (Å²) in [6, 6.07) is 12.9. The molecule has 30 heavy (non-hydrogen) atoms. The first-order valence-corrected chi connectivity index (χ1v) is 8.78. The second-order valence-electron chi connectivity index (χ2n) is 5.86. The Morgan fingerprint density at radius 3 is 2.53 bits per heavy atom. The van der Waals surface area contributed by atoms with Crippen molar-refractivity contribution in [2.24, 2.45) is 5.16 Å². The van der Waals surface area contributed by atoms with Crippen molar-refractivity contribution >= 4 is 40.9 Å². The number of anilines is 2. The monoisotopic (exact) mass is 430 g/mol. The Labute approximate surface area is 174 Å². The molecule has 11 nitrogen and oxygen atoms in total. The molecule has 0 radical (unpaired) electrons. The molecule has 0 spiro atoms. The lowest BCUT2D eigenvalue weighted by atomic mass is 10.1. The Morgan fingerprint density at radius 1 is 1.10 bits per heavy atom. The quantitative estimate of drug-likeness (QED) is 0.172. The van der Waals surface area contributed by atoms with E-state index >= 15 is 0 Å². The van der Waals surface area contributed by atoms with Gasteiger partial charge in [-0.05, 0) is 46.2 Å². The first-order chi connectivity index (χ1) is 14.5. The number of carbonyl (C=O) groups is 2. The molecule has 0 aliphatic rings. The second-order valence-corrected chi connectivity index (χ2v) is 6.29. The number of nitrogens with zero attached hydrogens (tertiary/aromatic N) is 3. The van der Waals surface area contributed by atoms with E-state index < -0.39 is 12.0 Å². The summed E-state index contributed by atoms with van der Waals surface area (Å²) in [5.41, 5.74) is 1.45. The number of nitrogens with one attached hydrogen (secondary N) is 3. The molecule has 0 saturated carbocycles. The minimum absolute atomic E-state index is 0.0342. The van der Waals surface area contributed by atoms with Crippen LogP contribution in [0.3, 0.4) is 0 Å². The van der Waals surface area contributed by atoms with Gasteiger partial charge in [0.2, 0.25) is 11.7 Å². The third-order valence-corrected chi connectivity index (χ3v) is 4.03. The van der Waals surface area contributed by atoms with Gasteiger partial charge in [-0.15, -0.1) is 0 Å². The summed E-state index contributed by atoms with van der Waals surface area (Å²) in [6.07, 6.45) is -1.14. The summed E-state index contributed by atoms with van der Waals surface area (Å²) in [5, 5.41) is 36.4. The first kappa shape index (κ1) is 20.6. The van der Waals surface area contributed by atoms with Crippen molar-refractivity contribution in [3.05, 3.63) is 70.4 Å². The zero-order chi connectivity index (χ0) is 21.5. The molecule has 2 amide bonds. The summed E-state index contributed by atoms with van der Waals surface area (Å²) in [6.45, 7) is 0.111. The predicted molar refractivity (Wildman–Crippen MR) is 107 cm³/mol. The maximum Gasteiger partial charge on any atom is 0.404 e. The molecule has 2 aromatic carbocycles. The minimum Gasteiger partial charge on any atom is -0.465 e. The van der Waals surface area contributed by atoms with E-state index in [1.165, 1.54) is 12.1 Å².